The Morgan fingerprint density at radius 3 is 2.32 bits per heavy atom. The normalized spacial score (nSPS) is 18.4. The third-order valence-corrected chi connectivity index (χ3v) is 5.64. The number of hydrogen-bond donors (Lipinski definition) is 0. The van der Waals surface area contributed by atoms with Crippen LogP contribution in [-0.2, 0) is 9.59 Å². The van der Waals surface area contributed by atoms with E-state index in [0.717, 1.165) is 52.0 Å². The minimum atomic E-state index is -0.196. The van der Waals surface area contributed by atoms with E-state index in [1.165, 1.54) is 4.90 Å². The average molecular weight is 386 g/mol. The Labute approximate surface area is 167 Å². The molecule has 152 valence electrons. The fourth-order valence-corrected chi connectivity index (χ4v) is 3.96. The number of ether oxygens (including phenoxy) is 1. The summed E-state index contributed by atoms with van der Waals surface area (Å²) in [6.07, 6.45) is 2.89. The van der Waals surface area contributed by atoms with E-state index in [1.807, 2.05) is 24.3 Å². The molecule has 3 rings (SSSR count). The number of nitrogens with zero attached hydrogens (tertiary/aromatic N) is 3. The largest absolute Gasteiger partial charge is 0.496 e. The molecule has 1 aromatic rings. The Morgan fingerprint density at radius 1 is 0.964 bits per heavy atom. The van der Waals surface area contributed by atoms with Crippen LogP contribution in [0.1, 0.15) is 38.7 Å². The average Bonchev–Trinajstić information content (AvgIpc) is 2.98. The van der Waals surface area contributed by atoms with Gasteiger partial charge < -0.3 is 14.5 Å². The number of methoxy groups -OCH3 is 1. The third kappa shape index (κ3) is 3.92. The predicted molar refractivity (Wildman–Crippen MR) is 110 cm³/mol. The van der Waals surface area contributed by atoms with Crippen LogP contribution in [0.25, 0.3) is 5.57 Å². The molecule has 0 aliphatic carbocycles. The molecule has 6 nitrogen and oxygen atoms in total. The van der Waals surface area contributed by atoms with Gasteiger partial charge in [0.2, 0.25) is 0 Å². The van der Waals surface area contributed by atoms with E-state index in [0.29, 0.717) is 29.1 Å². The first-order chi connectivity index (χ1) is 13.6. The van der Waals surface area contributed by atoms with Gasteiger partial charge >= 0.3 is 0 Å². The van der Waals surface area contributed by atoms with Crippen molar-refractivity contribution in [1.29, 1.82) is 0 Å². The summed E-state index contributed by atoms with van der Waals surface area (Å²) >= 11 is 0. The summed E-state index contributed by atoms with van der Waals surface area (Å²) in [5.74, 6) is 0.268. The Balaban J connectivity index is 1.98. The molecule has 0 radical (unpaired) electrons. The summed E-state index contributed by atoms with van der Waals surface area (Å²) in [6.45, 7) is 9.05. The molecule has 1 saturated heterocycles. The number of imide groups is 1. The lowest BCUT2D eigenvalue weighted by molar-refractivity contribution is -0.137. The lowest BCUT2D eigenvalue weighted by Gasteiger charge is -2.36. The van der Waals surface area contributed by atoms with E-state index in [2.05, 4.69) is 23.6 Å². The van der Waals surface area contributed by atoms with Gasteiger partial charge in [-0.1, -0.05) is 44.9 Å². The van der Waals surface area contributed by atoms with Crippen LogP contribution in [0.15, 0.2) is 30.0 Å². The summed E-state index contributed by atoms with van der Waals surface area (Å²) in [5, 5.41) is 0. The topological polar surface area (TPSA) is 53.1 Å². The fraction of sp³-hybridized carbons (Fsp3) is 0.545. The standard InChI is InChI=1S/C22H31N3O3/c1-4-6-9-12-25-21(26)19(17-10-7-8-11-18(17)28-3)20(22(25)27)24-15-13-23(5-2)14-16-24/h7-8,10-11H,4-6,9,12-16H2,1-3H3. The molecular formula is C22H31N3O3. The maximum absolute atomic E-state index is 13.3. The van der Waals surface area contributed by atoms with E-state index in [1.54, 1.807) is 7.11 Å². The summed E-state index contributed by atoms with van der Waals surface area (Å²) in [6, 6.07) is 7.47. The van der Waals surface area contributed by atoms with Crippen LogP contribution in [0.2, 0.25) is 0 Å². The zero-order chi connectivity index (χ0) is 20.1. The lowest BCUT2D eigenvalue weighted by Crippen LogP contribution is -2.47. The van der Waals surface area contributed by atoms with Gasteiger partial charge in [0.15, 0.2) is 0 Å². The van der Waals surface area contributed by atoms with E-state index in [-0.39, 0.29) is 11.8 Å². The highest BCUT2D eigenvalue weighted by molar-refractivity contribution is 6.36. The molecule has 0 spiro atoms. The minimum Gasteiger partial charge on any atom is -0.496 e. The van der Waals surface area contributed by atoms with Crippen molar-refractivity contribution >= 4 is 17.4 Å². The van der Waals surface area contributed by atoms with Crippen molar-refractivity contribution < 1.29 is 14.3 Å². The smallest absolute Gasteiger partial charge is 0.277 e. The highest BCUT2D eigenvalue weighted by atomic mass is 16.5. The molecule has 0 atom stereocenters. The van der Waals surface area contributed by atoms with Crippen molar-refractivity contribution in [2.45, 2.75) is 33.1 Å². The zero-order valence-corrected chi connectivity index (χ0v) is 17.2. The van der Waals surface area contributed by atoms with E-state index in [4.69, 9.17) is 4.74 Å². The number of rotatable bonds is 8. The highest BCUT2D eigenvalue weighted by Crippen LogP contribution is 2.36. The van der Waals surface area contributed by atoms with Gasteiger partial charge in [-0.15, -0.1) is 0 Å². The summed E-state index contributed by atoms with van der Waals surface area (Å²) < 4.78 is 5.50. The molecule has 2 heterocycles. The molecule has 0 aromatic heterocycles. The highest BCUT2D eigenvalue weighted by Gasteiger charge is 2.42. The molecule has 2 aliphatic heterocycles. The van der Waals surface area contributed by atoms with Crippen molar-refractivity contribution in [2.24, 2.45) is 0 Å². The number of unbranched alkanes of at least 4 members (excludes halogenated alkanes) is 2. The van der Waals surface area contributed by atoms with Crippen LogP contribution in [0.5, 0.6) is 5.75 Å². The summed E-state index contributed by atoms with van der Waals surface area (Å²) in [7, 11) is 1.60. The number of amides is 2. The monoisotopic (exact) mass is 385 g/mol. The van der Waals surface area contributed by atoms with Crippen LogP contribution in [0, 0.1) is 0 Å². The number of likely N-dealkylation sites (N-methyl/N-ethyl adjacent to an activating group) is 1. The summed E-state index contributed by atoms with van der Waals surface area (Å²) in [4.78, 5) is 32.5. The molecule has 2 amide bonds. The molecule has 28 heavy (non-hydrogen) atoms. The number of carbonyl (C=O) groups excluding carboxylic acids is 2. The van der Waals surface area contributed by atoms with Crippen molar-refractivity contribution in [3.8, 4) is 5.75 Å². The molecule has 1 aromatic carbocycles. The first-order valence-corrected chi connectivity index (χ1v) is 10.3. The number of hydrogen-bond acceptors (Lipinski definition) is 5. The Kier molecular flexibility index (Phi) is 6.73. The van der Waals surface area contributed by atoms with Gasteiger partial charge in [0.05, 0.1) is 12.7 Å². The molecule has 0 bridgehead atoms. The lowest BCUT2D eigenvalue weighted by atomic mass is 10.0. The van der Waals surface area contributed by atoms with Gasteiger partial charge in [0.25, 0.3) is 11.8 Å². The van der Waals surface area contributed by atoms with Crippen LogP contribution in [-0.4, -0.2) is 72.9 Å². The second kappa shape index (κ2) is 9.24. The van der Waals surface area contributed by atoms with Crippen LogP contribution in [0.3, 0.4) is 0 Å². The van der Waals surface area contributed by atoms with Gasteiger partial charge in [0.1, 0.15) is 11.4 Å². The minimum absolute atomic E-state index is 0.160. The number of benzene rings is 1. The molecule has 0 N–H and O–H groups in total. The molecule has 0 saturated carbocycles. The zero-order valence-electron chi connectivity index (χ0n) is 17.2. The second-order valence-corrected chi connectivity index (χ2v) is 7.31. The van der Waals surface area contributed by atoms with Gasteiger partial charge in [-0.3, -0.25) is 14.5 Å². The maximum Gasteiger partial charge on any atom is 0.277 e. The quantitative estimate of drug-likeness (QED) is 0.509. The SMILES string of the molecule is CCCCCN1C(=O)C(c2ccccc2OC)=C(N2CCN(CC)CC2)C1=O. The molecule has 0 unspecified atom stereocenters. The number of carbonyl (C=O) groups is 2. The molecule has 1 fully saturated rings. The molecule has 2 aliphatic rings. The fourth-order valence-electron chi connectivity index (χ4n) is 3.96. The summed E-state index contributed by atoms with van der Waals surface area (Å²) in [5.41, 5.74) is 1.74. The van der Waals surface area contributed by atoms with Crippen LogP contribution in [0.4, 0.5) is 0 Å². The second-order valence-electron chi connectivity index (χ2n) is 7.31. The maximum atomic E-state index is 13.3. The Bertz CT molecular complexity index is 751. The van der Waals surface area contributed by atoms with E-state index in [9.17, 15) is 9.59 Å². The van der Waals surface area contributed by atoms with E-state index >= 15 is 0 Å². The molecular weight excluding hydrogens is 354 g/mol. The van der Waals surface area contributed by atoms with Gasteiger partial charge in [-0.25, -0.2) is 0 Å². The van der Waals surface area contributed by atoms with Crippen molar-refractivity contribution in [1.82, 2.24) is 14.7 Å². The predicted octanol–water partition coefficient (Wildman–Crippen LogP) is 2.60. The van der Waals surface area contributed by atoms with Crippen molar-refractivity contribution in [3.63, 3.8) is 0 Å². The first-order valence-electron chi connectivity index (χ1n) is 10.3. The molecule has 6 heteroatoms. The van der Waals surface area contributed by atoms with Crippen molar-refractivity contribution in [3.05, 3.63) is 35.5 Å². The van der Waals surface area contributed by atoms with Gasteiger partial charge in [0, 0.05) is 38.3 Å². The van der Waals surface area contributed by atoms with E-state index < -0.39 is 0 Å². The first kappa shape index (κ1) is 20.4. The van der Waals surface area contributed by atoms with Crippen LogP contribution < -0.4 is 4.74 Å². The van der Waals surface area contributed by atoms with Crippen LogP contribution >= 0.6 is 0 Å². The number of para-hydroxylation sites is 1. The Morgan fingerprint density at radius 2 is 1.68 bits per heavy atom. The third-order valence-electron chi connectivity index (χ3n) is 5.64. The van der Waals surface area contributed by atoms with Crippen molar-refractivity contribution in [2.75, 3.05) is 46.4 Å². The van der Waals surface area contributed by atoms with Gasteiger partial charge in [-0.05, 0) is 19.0 Å². The Hall–Kier alpha value is -2.34. The van der Waals surface area contributed by atoms with Gasteiger partial charge in [-0.2, -0.15) is 0 Å². The number of piperazine rings is 1.